The molecule has 3 nitrogen and oxygen atoms in total. The number of hydrogen-bond acceptors (Lipinski definition) is 5. The lowest BCUT2D eigenvalue weighted by Gasteiger charge is -1.98. The molecule has 1 heterocycles. The van der Waals surface area contributed by atoms with Crippen LogP contribution in [-0.4, -0.2) is 23.3 Å². The second-order valence-corrected chi connectivity index (χ2v) is 4.92. The lowest BCUT2D eigenvalue weighted by molar-refractivity contribution is -0.139. The van der Waals surface area contributed by atoms with Crippen LogP contribution in [-0.2, 0) is 9.53 Å². The van der Waals surface area contributed by atoms with Gasteiger partial charge in [0.2, 0.25) is 0 Å². The summed E-state index contributed by atoms with van der Waals surface area (Å²) in [5.74, 6) is 0.132. The van der Waals surface area contributed by atoms with Crippen molar-refractivity contribution in [2.24, 2.45) is 0 Å². The molecular weight excluding hydrogens is 274 g/mol. The van der Waals surface area contributed by atoms with E-state index >= 15 is 0 Å². The molecule has 72 valence electrons. The fourth-order valence-electron chi connectivity index (χ4n) is 0.629. The van der Waals surface area contributed by atoms with E-state index in [9.17, 15) is 4.79 Å². The summed E-state index contributed by atoms with van der Waals surface area (Å²) in [6.45, 7) is 2.23. The van der Waals surface area contributed by atoms with Crippen molar-refractivity contribution < 1.29 is 9.53 Å². The van der Waals surface area contributed by atoms with Crippen LogP contribution < -0.4 is 0 Å². The molecule has 0 saturated heterocycles. The van der Waals surface area contributed by atoms with Gasteiger partial charge in [-0.25, -0.2) is 4.98 Å². The van der Waals surface area contributed by atoms with Gasteiger partial charge in [0.05, 0.1) is 12.4 Å². The summed E-state index contributed by atoms with van der Waals surface area (Å²) in [6, 6.07) is 0. The molecule has 1 rings (SSSR count). The van der Waals surface area contributed by atoms with E-state index in [1.54, 1.807) is 6.92 Å². The molecule has 0 aliphatic heterocycles. The topological polar surface area (TPSA) is 39.2 Å². The van der Waals surface area contributed by atoms with Crippen LogP contribution in [0.4, 0.5) is 0 Å². The molecule has 0 aromatic carbocycles. The van der Waals surface area contributed by atoms with Crippen molar-refractivity contribution in [1.82, 2.24) is 4.98 Å². The third-order valence-corrected chi connectivity index (χ3v) is 3.78. The predicted molar refractivity (Wildman–Crippen MR) is 57.2 cm³/mol. The molecule has 0 aliphatic carbocycles. The molecular formula is C7H8BrNO2S2. The van der Waals surface area contributed by atoms with E-state index < -0.39 is 0 Å². The zero-order chi connectivity index (χ0) is 9.68. The molecule has 0 spiro atoms. The normalized spacial score (nSPS) is 10.0. The van der Waals surface area contributed by atoms with Gasteiger partial charge in [-0.3, -0.25) is 4.79 Å². The number of rotatable bonds is 4. The average molecular weight is 282 g/mol. The molecule has 6 heteroatoms. The van der Waals surface area contributed by atoms with Crippen LogP contribution in [0.15, 0.2) is 14.3 Å². The lowest BCUT2D eigenvalue weighted by atomic mass is 10.8. The monoisotopic (exact) mass is 281 g/mol. The Balaban J connectivity index is 2.30. The van der Waals surface area contributed by atoms with Crippen LogP contribution in [0.5, 0.6) is 0 Å². The van der Waals surface area contributed by atoms with Gasteiger partial charge in [0.25, 0.3) is 0 Å². The third kappa shape index (κ3) is 4.10. The van der Waals surface area contributed by atoms with E-state index in [4.69, 9.17) is 4.74 Å². The zero-order valence-electron chi connectivity index (χ0n) is 6.95. The van der Waals surface area contributed by atoms with Gasteiger partial charge in [-0.15, -0.1) is 11.3 Å². The van der Waals surface area contributed by atoms with E-state index in [0.29, 0.717) is 12.4 Å². The number of carbonyl (C=O) groups is 1. The fraction of sp³-hybridized carbons (Fsp3) is 0.429. The molecule has 1 aromatic rings. The first-order valence-corrected chi connectivity index (χ1v) is 6.27. The molecule has 0 unspecified atom stereocenters. The van der Waals surface area contributed by atoms with Crippen molar-refractivity contribution >= 4 is 45.0 Å². The van der Waals surface area contributed by atoms with Crippen LogP contribution in [0.25, 0.3) is 0 Å². The summed E-state index contributed by atoms with van der Waals surface area (Å²) >= 11 is 6.14. The smallest absolute Gasteiger partial charge is 0.316 e. The Labute approximate surface area is 93.0 Å². The maximum atomic E-state index is 10.9. The molecule has 1 aromatic heterocycles. The fourth-order valence-corrected chi connectivity index (χ4v) is 2.80. The number of thiazole rings is 1. The average Bonchev–Trinajstić information content (AvgIpc) is 2.49. The van der Waals surface area contributed by atoms with Gasteiger partial charge in [-0.2, -0.15) is 0 Å². The molecule has 0 atom stereocenters. The van der Waals surface area contributed by atoms with Gasteiger partial charge in [0, 0.05) is 5.38 Å². The molecule has 0 saturated carbocycles. The highest BCUT2D eigenvalue weighted by atomic mass is 79.9. The first kappa shape index (κ1) is 11.0. The van der Waals surface area contributed by atoms with Crippen LogP contribution in [0.3, 0.4) is 0 Å². The van der Waals surface area contributed by atoms with Crippen molar-refractivity contribution in [2.75, 3.05) is 12.4 Å². The van der Waals surface area contributed by atoms with Gasteiger partial charge in [-0.1, -0.05) is 11.8 Å². The summed E-state index contributed by atoms with van der Waals surface area (Å²) in [6.07, 6.45) is 0. The first-order valence-electron chi connectivity index (χ1n) is 3.62. The summed E-state index contributed by atoms with van der Waals surface area (Å²) in [4.78, 5) is 15.1. The Morgan fingerprint density at radius 3 is 3.15 bits per heavy atom. The molecule has 0 N–H and O–H groups in total. The van der Waals surface area contributed by atoms with E-state index in [-0.39, 0.29) is 5.97 Å². The first-order chi connectivity index (χ1) is 6.22. The number of thioether (sulfide) groups is 1. The Bertz CT molecular complexity index is 290. The minimum Gasteiger partial charge on any atom is -0.465 e. The lowest BCUT2D eigenvalue weighted by Crippen LogP contribution is -2.06. The highest BCUT2D eigenvalue weighted by molar-refractivity contribution is 9.10. The Morgan fingerprint density at radius 2 is 2.62 bits per heavy atom. The molecule has 0 aliphatic rings. The molecule has 0 radical (unpaired) electrons. The number of esters is 1. The van der Waals surface area contributed by atoms with E-state index in [1.807, 2.05) is 5.38 Å². The Kier molecular flexibility index (Phi) is 4.76. The summed E-state index contributed by atoms with van der Waals surface area (Å²) in [7, 11) is 0. The number of hydrogen-bond donors (Lipinski definition) is 0. The maximum absolute atomic E-state index is 10.9. The van der Waals surface area contributed by atoms with Crippen molar-refractivity contribution in [1.29, 1.82) is 0 Å². The summed E-state index contributed by atoms with van der Waals surface area (Å²) in [5, 5.41) is 1.88. The van der Waals surface area contributed by atoms with Crippen molar-refractivity contribution in [3.05, 3.63) is 9.98 Å². The third-order valence-electron chi connectivity index (χ3n) is 1.07. The number of nitrogens with zero attached hydrogens (tertiary/aromatic N) is 1. The van der Waals surface area contributed by atoms with Crippen molar-refractivity contribution in [3.8, 4) is 0 Å². The van der Waals surface area contributed by atoms with Gasteiger partial charge in [-0.05, 0) is 22.9 Å². The highest BCUT2D eigenvalue weighted by Gasteiger charge is 2.05. The van der Waals surface area contributed by atoms with E-state index in [1.165, 1.54) is 23.1 Å². The summed E-state index contributed by atoms with van der Waals surface area (Å²) < 4.78 is 6.46. The molecule has 0 fully saturated rings. The zero-order valence-corrected chi connectivity index (χ0v) is 10.2. The molecule has 0 bridgehead atoms. The largest absolute Gasteiger partial charge is 0.465 e. The van der Waals surface area contributed by atoms with Crippen LogP contribution >= 0.6 is 39.0 Å². The van der Waals surface area contributed by atoms with Gasteiger partial charge < -0.3 is 4.74 Å². The number of aromatic nitrogens is 1. The van der Waals surface area contributed by atoms with Gasteiger partial charge in [0.1, 0.15) is 4.60 Å². The maximum Gasteiger partial charge on any atom is 0.316 e. The van der Waals surface area contributed by atoms with Crippen molar-refractivity contribution in [2.45, 2.75) is 11.3 Å². The highest BCUT2D eigenvalue weighted by Crippen LogP contribution is 2.24. The standard InChI is InChI=1S/C7H8BrNO2S2/c1-2-11-6(10)4-13-7-9-5(8)3-12-7/h3H,2,4H2,1H3. The Morgan fingerprint density at radius 1 is 1.85 bits per heavy atom. The SMILES string of the molecule is CCOC(=O)CSc1nc(Br)cs1. The van der Waals surface area contributed by atoms with Crippen LogP contribution in [0.1, 0.15) is 6.92 Å². The Hall–Kier alpha value is -0.0700. The number of carbonyl (C=O) groups excluding carboxylic acids is 1. The minimum atomic E-state index is -0.196. The minimum absolute atomic E-state index is 0.196. The summed E-state index contributed by atoms with van der Waals surface area (Å²) in [5.41, 5.74) is 0. The second-order valence-electron chi connectivity index (χ2n) is 2.03. The van der Waals surface area contributed by atoms with E-state index in [0.717, 1.165) is 8.94 Å². The van der Waals surface area contributed by atoms with E-state index in [2.05, 4.69) is 20.9 Å². The number of halogens is 1. The molecule has 0 amide bonds. The quantitative estimate of drug-likeness (QED) is 0.628. The van der Waals surface area contributed by atoms with Gasteiger partial charge >= 0.3 is 5.97 Å². The predicted octanol–water partition coefficient (Wildman–Crippen LogP) is 2.56. The second kappa shape index (κ2) is 5.62. The van der Waals surface area contributed by atoms with Crippen LogP contribution in [0, 0.1) is 0 Å². The van der Waals surface area contributed by atoms with Crippen molar-refractivity contribution in [3.63, 3.8) is 0 Å². The number of ether oxygens (including phenoxy) is 1. The molecule has 13 heavy (non-hydrogen) atoms. The van der Waals surface area contributed by atoms with Gasteiger partial charge in [0.15, 0.2) is 4.34 Å². The van der Waals surface area contributed by atoms with Crippen LogP contribution in [0.2, 0.25) is 0 Å².